The first kappa shape index (κ1) is 9.74. The van der Waals surface area contributed by atoms with Crippen LogP contribution in [0.3, 0.4) is 0 Å². The fourth-order valence-electron chi connectivity index (χ4n) is 1.79. The highest BCUT2D eigenvalue weighted by Crippen LogP contribution is 2.37. The summed E-state index contributed by atoms with van der Waals surface area (Å²) in [5.74, 6) is 1.75. The molecule has 1 aromatic rings. The van der Waals surface area contributed by atoms with Crippen molar-refractivity contribution in [1.82, 2.24) is 5.32 Å². The van der Waals surface area contributed by atoms with Gasteiger partial charge in [-0.05, 0) is 30.9 Å². The van der Waals surface area contributed by atoms with Crippen molar-refractivity contribution in [1.29, 1.82) is 0 Å². The number of nitrogens with one attached hydrogen (secondary N) is 1. The van der Waals surface area contributed by atoms with E-state index >= 15 is 0 Å². The van der Waals surface area contributed by atoms with E-state index in [9.17, 15) is 0 Å². The van der Waals surface area contributed by atoms with E-state index in [-0.39, 0.29) is 6.04 Å². The van der Waals surface area contributed by atoms with E-state index in [4.69, 9.17) is 10.2 Å². The lowest BCUT2D eigenvalue weighted by molar-refractivity contribution is 0.500. The molecular weight excluding hydrogens is 176 g/mol. The maximum absolute atomic E-state index is 5.70. The van der Waals surface area contributed by atoms with E-state index < -0.39 is 0 Å². The van der Waals surface area contributed by atoms with E-state index in [1.807, 2.05) is 6.07 Å². The van der Waals surface area contributed by atoms with Crippen molar-refractivity contribution in [2.24, 2.45) is 17.6 Å². The van der Waals surface area contributed by atoms with Crippen LogP contribution in [0.25, 0.3) is 0 Å². The summed E-state index contributed by atoms with van der Waals surface area (Å²) in [6, 6.07) is 2.22. The fraction of sp³-hybridized carbons (Fsp3) is 0.636. The summed E-state index contributed by atoms with van der Waals surface area (Å²) >= 11 is 0. The van der Waals surface area contributed by atoms with Crippen molar-refractivity contribution in [3.63, 3.8) is 0 Å². The highest BCUT2D eigenvalue weighted by atomic mass is 16.3. The minimum atomic E-state index is 0.251. The molecule has 1 aliphatic rings. The van der Waals surface area contributed by atoms with Gasteiger partial charge >= 0.3 is 0 Å². The molecule has 1 heterocycles. The van der Waals surface area contributed by atoms with Crippen molar-refractivity contribution in [2.45, 2.75) is 19.4 Å². The zero-order valence-corrected chi connectivity index (χ0v) is 8.57. The Morgan fingerprint density at radius 3 is 3.00 bits per heavy atom. The van der Waals surface area contributed by atoms with Gasteiger partial charge in [0, 0.05) is 18.2 Å². The molecular formula is C11H18N2O. The maximum Gasteiger partial charge on any atom is 0.0950 e. The van der Waals surface area contributed by atoms with Gasteiger partial charge in [-0.25, -0.2) is 0 Å². The molecule has 78 valence electrons. The van der Waals surface area contributed by atoms with Gasteiger partial charge in [0.15, 0.2) is 0 Å². The Bertz CT molecular complexity index is 271. The first-order valence-electron chi connectivity index (χ1n) is 5.26. The van der Waals surface area contributed by atoms with Crippen LogP contribution in [0.15, 0.2) is 23.0 Å². The number of rotatable bonds is 5. The Balaban J connectivity index is 1.81. The molecule has 1 aliphatic carbocycles. The average Bonchev–Trinajstić information content (AvgIpc) is 2.70. The van der Waals surface area contributed by atoms with Crippen molar-refractivity contribution < 1.29 is 4.42 Å². The summed E-state index contributed by atoms with van der Waals surface area (Å²) in [5.41, 5.74) is 6.85. The number of furan rings is 1. The molecule has 0 bridgehead atoms. The maximum atomic E-state index is 5.70. The zero-order chi connectivity index (χ0) is 9.97. The van der Waals surface area contributed by atoms with E-state index in [0.29, 0.717) is 6.54 Å². The van der Waals surface area contributed by atoms with Crippen LogP contribution in [0, 0.1) is 11.8 Å². The second-order valence-electron chi connectivity index (χ2n) is 4.23. The van der Waals surface area contributed by atoms with Gasteiger partial charge in [-0.1, -0.05) is 6.92 Å². The van der Waals surface area contributed by atoms with Crippen LogP contribution in [0.4, 0.5) is 0 Å². The van der Waals surface area contributed by atoms with Crippen LogP contribution in [0.1, 0.15) is 24.9 Å². The van der Waals surface area contributed by atoms with Crippen molar-refractivity contribution >= 4 is 0 Å². The van der Waals surface area contributed by atoms with Gasteiger partial charge in [0.05, 0.1) is 12.5 Å². The molecule has 3 heteroatoms. The van der Waals surface area contributed by atoms with E-state index in [1.165, 1.54) is 6.42 Å². The van der Waals surface area contributed by atoms with Crippen LogP contribution in [-0.4, -0.2) is 13.1 Å². The summed E-state index contributed by atoms with van der Waals surface area (Å²) in [6.45, 7) is 4.00. The summed E-state index contributed by atoms with van der Waals surface area (Å²) < 4.78 is 5.05. The third-order valence-corrected chi connectivity index (χ3v) is 3.08. The fourth-order valence-corrected chi connectivity index (χ4v) is 1.79. The molecule has 3 unspecified atom stereocenters. The lowest BCUT2D eigenvalue weighted by Gasteiger charge is -2.14. The molecule has 0 aromatic carbocycles. The Morgan fingerprint density at radius 2 is 2.50 bits per heavy atom. The third-order valence-electron chi connectivity index (χ3n) is 3.08. The normalized spacial score (nSPS) is 27.6. The number of hydrogen-bond acceptors (Lipinski definition) is 3. The first-order chi connectivity index (χ1) is 6.81. The van der Waals surface area contributed by atoms with Crippen LogP contribution in [0.5, 0.6) is 0 Å². The summed E-state index contributed by atoms with van der Waals surface area (Å²) in [5, 5.41) is 3.48. The molecule has 3 N–H and O–H groups in total. The molecule has 0 aliphatic heterocycles. The van der Waals surface area contributed by atoms with Gasteiger partial charge in [0.1, 0.15) is 0 Å². The lowest BCUT2D eigenvalue weighted by atomic mass is 10.1. The highest BCUT2D eigenvalue weighted by Gasteiger charge is 2.32. The Labute approximate surface area is 84.7 Å². The second kappa shape index (κ2) is 4.15. The SMILES string of the molecule is CC1CC1CNC(CN)c1ccoc1. The molecule has 0 radical (unpaired) electrons. The number of nitrogens with two attached hydrogens (primary N) is 1. The Kier molecular flexibility index (Phi) is 2.89. The Hall–Kier alpha value is -0.800. The van der Waals surface area contributed by atoms with Gasteiger partial charge < -0.3 is 15.5 Å². The summed E-state index contributed by atoms with van der Waals surface area (Å²) in [7, 11) is 0. The van der Waals surface area contributed by atoms with Crippen molar-refractivity contribution in [3.8, 4) is 0 Å². The standard InChI is InChI=1S/C11H18N2O/c1-8-4-10(8)6-13-11(5-12)9-2-3-14-7-9/h2-3,7-8,10-11,13H,4-6,12H2,1H3. The van der Waals surface area contributed by atoms with Crippen LogP contribution in [-0.2, 0) is 0 Å². The van der Waals surface area contributed by atoms with Crippen LogP contribution < -0.4 is 11.1 Å². The van der Waals surface area contributed by atoms with Gasteiger partial charge in [-0.15, -0.1) is 0 Å². The Morgan fingerprint density at radius 1 is 1.71 bits per heavy atom. The highest BCUT2D eigenvalue weighted by molar-refractivity contribution is 5.12. The molecule has 2 rings (SSSR count). The minimum absolute atomic E-state index is 0.251. The predicted molar refractivity (Wildman–Crippen MR) is 55.8 cm³/mol. The summed E-state index contributed by atoms with van der Waals surface area (Å²) in [4.78, 5) is 0. The van der Waals surface area contributed by atoms with E-state index in [0.717, 1.165) is 23.9 Å². The van der Waals surface area contributed by atoms with Crippen molar-refractivity contribution in [3.05, 3.63) is 24.2 Å². The second-order valence-corrected chi connectivity index (χ2v) is 4.23. The van der Waals surface area contributed by atoms with E-state index in [2.05, 4.69) is 12.2 Å². The van der Waals surface area contributed by atoms with Gasteiger partial charge in [-0.3, -0.25) is 0 Å². The van der Waals surface area contributed by atoms with Gasteiger partial charge in [0.2, 0.25) is 0 Å². The largest absolute Gasteiger partial charge is 0.472 e. The predicted octanol–water partition coefficient (Wildman–Crippen LogP) is 1.52. The number of hydrogen-bond donors (Lipinski definition) is 2. The molecule has 3 atom stereocenters. The molecule has 1 fully saturated rings. The van der Waals surface area contributed by atoms with Crippen LogP contribution in [0.2, 0.25) is 0 Å². The molecule has 0 spiro atoms. The minimum Gasteiger partial charge on any atom is -0.472 e. The lowest BCUT2D eigenvalue weighted by Crippen LogP contribution is -2.29. The molecule has 1 saturated carbocycles. The molecule has 3 nitrogen and oxygen atoms in total. The van der Waals surface area contributed by atoms with Crippen LogP contribution >= 0.6 is 0 Å². The monoisotopic (exact) mass is 194 g/mol. The smallest absolute Gasteiger partial charge is 0.0950 e. The molecule has 0 saturated heterocycles. The molecule has 0 amide bonds. The molecule has 14 heavy (non-hydrogen) atoms. The van der Waals surface area contributed by atoms with E-state index in [1.54, 1.807) is 12.5 Å². The van der Waals surface area contributed by atoms with Gasteiger partial charge in [0.25, 0.3) is 0 Å². The van der Waals surface area contributed by atoms with Gasteiger partial charge in [-0.2, -0.15) is 0 Å². The third kappa shape index (κ3) is 2.16. The summed E-state index contributed by atoms with van der Waals surface area (Å²) in [6.07, 6.45) is 4.82. The molecule has 1 aromatic heterocycles. The quantitative estimate of drug-likeness (QED) is 0.747. The topological polar surface area (TPSA) is 51.2 Å². The van der Waals surface area contributed by atoms with Crippen molar-refractivity contribution in [2.75, 3.05) is 13.1 Å². The zero-order valence-electron chi connectivity index (χ0n) is 8.57. The average molecular weight is 194 g/mol. The first-order valence-corrected chi connectivity index (χ1v) is 5.26.